The van der Waals surface area contributed by atoms with E-state index in [1.807, 2.05) is 50.2 Å². The molecule has 0 aliphatic rings. The summed E-state index contributed by atoms with van der Waals surface area (Å²) in [6, 6.07) is 17.5. The summed E-state index contributed by atoms with van der Waals surface area (Å²) < 4.78 is 24.0. The zero-order valence-electron chi connectivity index (χ0n) is 17.2. The zero-order chi connectivity index (χ0) is 21.0. The Morgan fingerprint density at radius 2 is 1.54 bits per heavy atom. The quantitative estimate of drug-likeness (QED) is 0.469. The molecule has 2 aromatic rings. The molecule has 28 heavy (non-hydrogen) atoms. The molecule has 0 spiro atoms. The summed E-state index contributed by atoms with van der Waals surface area (Å²) in [6.45, 7) is 7.55. The number of benzene rings is 2. The van der Waals surface area contributed by atoms with Crippen molar-refractivity contribution in [2.45, 2.75) is 46.3 Å². The van der Waals surface area contributed by atoms with Crippen LogP contribution in [0.3, 0.4) is 0 Å². The van der Waals surface area contributed by atoms with Gasteiger partial charge < -0.3 is 9.26 Å². The summed E-state index contributed by atoms with van der Waals surface area (Å²) in [7, 11) is -2.00. The average molecular weight is 406 g/mol. The molecule has 2 aromatic carbocycles. The topological polar surface area (TPSA) is 76.7 Å². The fraction of sp³-hybridized carbons (Fsp3) is 0.381. The van der Waals surface area contributed by atoms with E-state index < -0.39 is 19.7 Å². The molecule has 6 nitrogen and oxygen atoms in total. The van der Waals surface area contributed by atoms with Crippen molar-refractivity contribution in [2.75, 3.05) is 7.05 Å². The van der Waals surface area contributed by atoms with Gasteiger partial charge >= 0.3 is 13.6 Å². The van der Waals surface area contributed by atoms with E-state index in [2.05, 4.69) is 10.2 Å². The van der Waals surface area contributed by atoms with Gasteiger partial charge in [-0.25, -0.2) is 14.7 Å². The standard InChI is InChI=1S/C19H25N2O4P.C2H6/c1-15(2)24-19(22)18(14-16-10-6-4-7-11-16)21-26(23,20-3)25-17-12-8-5-9-13-17;1-2/h4-13,15,18H,14H2,1-3H3,(H2,20,21,23);1-2H3/t18-,26?;/m0./s1. The van der Waals surface area contributed by atoms with Gasteiger partial charge in [0.25, 0.3) is 0 Å². The van der Waals surface area contributed by atoms with Crippen LogP contribution in [0.1, 0.15) is 33.3 Å². The van der Waals surface area contributed by atoms with Gasteiger partial charge in [0.15, 0.2) is 0 Å². The summed E-state index contributed by atoms with van der Waals surface area (Å²) in [5, 5.41) is 5.50. The minimum atomic E-state index is -3.51. The Hall–Kier alpha value is -2.14. The first-order valence-corrected chi connectivity index (χ1v) is 11.1. The second-order valence-electron chi connectivity index (χ2n) is 6.04. The van der Waals surface area contributed by atoms with Crippen LogP contribution >= 0.6 is 7.67 Å². The number of nitrogens with one attached hydrogen (secondary N) is 2. The molecule has 2 atom stereocenters. The van der Waals surface area contributed by atoms with E-state index in [9.17, 15) is 9.36 Å². The van der Waals surface area contributed by atoms with E-state index in [-0.39, 0.29) is 6.10 Å². The molecule has 0 aromatic heterocycles. The molecule has 0 fully saturated rings. The number of hydrogen-bond acceptors (Lipinski definition) is 4. The summed E-state index contributed by atoms with van der Waals surface area (Å²) in [6.07, 6.45) is 0.0579. The monoisotopic (exact) mass is 406 g/mol. The number of carbonyl (C=O) groups is 1. The number of carbonyl (C=O) groups excluding carboxylic acids is 1. The van der Waals surface area contributed by atoms with E-state index >= 15 is 0 Å². The van der Waals surface area contributed by atoms with E-state index in [1.165, 1.54) is 7.05 Å². The Balaban J connectivity index is 0.00000190. The van der Waals surface area contributed by atoms with Crippen LogP contribution < -0.4 is 14.7 Å². The fourth-order valence-electron chi connectivity index (χ4n) is 2.32. The van der Waals surface area contributed by atoms with Crippen LogP contribution in [-0.4, -0.2) is 25.2 Å². The van der Waals surface area contributed by atoms with E-state index in [0.717, 1.165) is 5.56 Å². The number of rotatable bonds is 9. The summed E-state index contributed by atoms with van der Waals surface area (Å²) >= 11 is 0. The van der Waals surface area contributed by atoms with Crippen molar-refractivity contribution in [2.24, 2.45) is 0 Å². The minimum Gasteiger partial charge on any atom is -0.462 e. The molecule has 0 radical (unpaired) electrons. The third-order valence-corrected chi connectivity index (χ3v) is 5.22. The predicted octanol–water partition coefficient (Wildman–Crippen LogP) is 4.57. The molecule has 2 N–H and O–H groups in total. The maximum absolute atomic E-state index is 13.1. The Bertz CT molecular complexity index is 739. The summed E-state index contributed by atoms with van der Waals surface area (Å²) in [5.74, 6) is -0.0376. The molecule has 0 aliphatic carbocycles. The van der Waals surface area contributed by atoms with Gasteiger partial charge in [0, 0.05) is 0 Å². The molecule has 0 amide bonds. The first-order chi connectivity index (χ1) is 13.4. The molecule has 0 bridgehead atoms. The number of esters is 1. The average Bonchev–Trinajstić information content (AvgIpc) is 2.70. The van der Waals surface area contributed by atoms with E-state index in [4.69, 9.17) is 9.26 Å². The van der Waals surface area contributed by atoms with Gasteiger partial charge in [-0.3, -0.25) is 4.79 Å². The van der Waals surface area contributed by atoms with Gasteiger partial charge in [-0.2, -0.15) is 0 Å². The SMILES string of the molecule is CC.CNP(=O)(N[C@@H](Cc1ccccc1)C(=O)OC(C)C)Oc1ccccc1. The summed E-state index contributed by atoms with van der Waals surface area (Å²) in [4.78, 5) is 12.5. The molecule has 7 heteroatoms. The molecule has 1 unspecified atom stereocenters. The number of hydrogen-bond donors (Lipinski definition) is 2. The van der Waals surface area contributed by atoms with E-state index in [0.29, 0.717) is 12.2 Å². The largest absolute Gasteiger partial charge is 0.462 e. The molecule has 0 saturated heterocycles. The van der Waals surface area contributed by atoms with Gasteiger partial charge in [0.2, 0.25) is 0 Å². The van der Waals surface area contributed by atoms with Gasteiger partial charge in [0.05, 0.1) is 6.10 Å². The Morgan fingerprint density at radius 1 is 1.00 bits per heavy atom. The van der Waals surface area contributed by atoms with Crippen molar-refractivity contribution < 1.29 is 18.6 Å². The molecule has 154 valence electrons. The minimum absolute atomic E-state index is 0.272. The van der Waals surface area contributed by atoms with Crippen LogP contribution in [0.15, 0.2) is 60.7 Å². The van der Waals surface area contributed by atoms with Gasteiger partial charge in [-0.05, 0) is 45.0 Å². The lowest BCUT2D eigenvalue weighted by atomic mass is 10.1. The van der Waals surface area contributed by atoms with Crippen LogP contribution in [0.5, 0.6) is 5.75 Å². The van der Waals surface area contributed by atoms with Crippen molar-refractivity contribution >= 4 is 13.6 Å². The first-order valence-electron chi connectivity index (χ1n) is 9.48. The molecule has 0 aliphatic heterocycles. The van der Waals surface area contributed by atoms with Crippen molar-refractivity contribution in [3.8, 4) is 5.75 Å². The highest BCUT2D eigenvalue weighted by atomic mass is 31.2. The Morgan fingerprint density at radius 3 is 2.04 bits per heavy atom. The van der Waals surface area contributed by atoms with Crippen molar-refractivity contribution in [3.05, 3.63) is 66.2 Å². The van der Waals surface area contributed by atoms with Crippen LogP contribution in [0.2, 0.25) is 0 Å². The normalized spacial score (nSPS) is 13.6. The van der Waals surface area contributed by atoms with Crippen molar-refractivity contribution in [1.82, 2.24) is 10.2 Å². The smallest absolute Gasteiger partial charge is 0.390 e. The lowest BCUT2D eigenvalue weighted by Crippen LogP contribution is -2.42. The zero-order valence-corrected chi connectivity index (χ0v) is 18.1. The number of ether oxygens (including phenoxy) is 1. The van der Waals surface area contributed by atoms with Crippen molar-refractivity contribution in [1.29, 1.82) is 0 Å². The highest BCUT2D eigenvalue weighted by molar-refractivity contribution is 7.55. The fourth-order valence-corrected chi connectivity index (χ4v) is 3.62. The van der Waals surface area contributed by atoms with Crippen LogP contribution in [0.4, 0.5) is 0 Å². The second-order valence-corrected chi connectivity index (χ2v) is 8.03. The lowest BCUT2D eigenvalue weighted by molar-refractivity contribution is -0.149. The number of para-hydroxylation sites is 1. The van der Waals surface area contributed by atoms with Crippen molar-refractivity contribution in [3.63, 3.8) is 0 Å². The second kappa shape index (κ2) is 12.3. The molecule has 0 heterocycles. The molecule has 2 rings (SSSR count). The van der Waals surface area contributed by atoms with Gasteiger partial charge in [-0.1, -0.05) is 62.4 Å². The Labute approximate surface area is 168 Å². The van der Waals surface area contributed by atoms with Gasteiger partial charge in [-0.15, -0.1) is 0 Å². The maximum Gasteiger partial charge on any atom is 0.390 e. The third kappa shape index (κ3) is 8.26. The third-order valence-electron chi connectivity index (χ3n) is 3.52. The molecule has 0 saturated carbocycles. The first kappa shape index (κ1) is 23.9. The predicted molar refractivity (Wildman–Crippen MR) is 113 cm³/mol. The van der Waals surface area contributed by atoms with Crippen LogP contribution in [-0.2, 0) is 20.5 Å². The van der Waals surface area contributed by atoms with Crippen LogP contribution in [0, 0.1) is 0 Å². The molecular weight excluding hydrogens is 375 g/mol. The summed E-state index contributed by atoms with van der Waals surface area (Å²) in [5.41, 5.74) is 0.924. The maximum atomic E-state index is 13.1. The highest BCUT2D eigenvalue weighted by Crippen LogP contribution is 2.39. The van der Waals surface area contributed by atoms with Gasteiger partial charge in [0.1, 0.15) is 11.8 Å². The van der Waals surface area contributed by atoms with Crippen LogP contribution in [0.25, 0.3) is 0 Å². The Kier molecular flexibility index (Phi) is 10.5. The highest BCUT2D eigenvalue weighted by Gasteiger charge is 2.32. The molecular formula is C21H31N2O4P. The van der Waals surface area contributed by atoms with E-state index in [1.54, 1.807) is 38.1 Å². The lowest BCUT2D eigenvalue weighted by Gasteiger charge is -2.25.